The molecule has 0 aromatic heterocycles. The molecule has 1 aromatic carbocycles. The minimum atomic E-state index is 0.382. The van der Waals surface area contributed by atoms with Crippen molar-refractivity contribution in [1.82, 2.24) is 4.90 Å². The zero-order chi connectivity index (χ0) is 13.2. The lowest BCUT2D eigenvalue weighted by Gasteiger charge is -2.38. The Bertz CT molecular complexity index is 388. The van der Waals surface area contributed by atoms with Crippen LogP contribution in [0.2, 0.25) is 0 Å². The van der Waals surface area contributed by atoms with E-state index in [2.05, 4.69) is 47.1 Å². The van der Waals surface area contributed by atoms with Crippen LogP contribution in [-0.4, -0.2) is 43.2 Å². The summed E-state index contributed by atoms with van der Waals surface area (Å²) >= 11 is 0. The van der Waals surface area contributed by atoms with E-state index < -0.39 is 0 Å². The number of likely N-dealkylation sites (tertiary alicyclic amines) is 1. The molecule has 3 heteroatoms. The van der Waals surface area contributed by atoms with Gasteiger partial charge in [-0.2, -0.15) is 0 Å². The van der Waals surface area contributed by atoms with Crippen molar-refractivity contribution in [2.24, 2.45) is 11.7 Å². The molecule has 0 radical (unpaired) electrons. The second kappa shape index (κ2) is 5.51. The summed E-state index contributed by atoms with van der Waals surface area (Å²) in [6, 6.07) is 11.9. The van der Waals surface area contributed by atoms with Crippen molar-refractivity contribution < 1.29 is 0 Å². The minimum absolute atomic E-state index is 0.382. The van der Waals surface area contributed by atoms with Gasteiger partial charge in [0.15, 0.2) is 0 Å². The molecule has 104 valence electrons. The Labute approximate surface area is 116 Å². The summed E-state index contributed by atoms with van der Waals surface area (Å²) in [5, 5.41) is 0. The van der Waals surface area contributed by atoms with E-state index in [0.717, 1.165) is 12.6 Å². The Kier molecular flexibility index (Phi) is 3.76. The third kappa shape index (κ3) is 2.77. The summed E-state index contributed by atoms with van der Waals surface area (Å²) in [6.45, 7) is 6.92. The fourth-order valence-electron chi connectivity index (χ4n) is 3.46. The molecular formula is C16H25N3. The van der Waals surface area contributed by atoms with E-state index in [1.54, 1.807) is 0 Å². The highest BCUT2D eigenvalue weighted by Gasteiger charge is 2.33. The smallest absolute Gasteiger partial charge is 0.0366 e. The van der Waals surface area contributed by atoms with Crippen LogP contribution in [-0.2, 0) is 0 Å². The van der Waals surface area contributed by atoms with Crippen molar-refractivity contribution in [3.63, 3.8) is 0 Å². The van der Waals surface area contributed by atoms with Gasteiger partial charge in [-0.05, 0) is 30.9 Å². The fraction of sp³-hybridized carbons (Fsp3) is 0.625. The van der Waals surface area contributed by atoms with Crippen LogP contribution >= 0.6 is 0 Å². The zero-order valence-corrected chi connectivity index (χ0v) is 11.8. The highest BCUT2D eigenvalue weighted by Crippen LogP contribution is 2.26. The molecule has 1 aromatic rings. The maximum absolute atomic E-state index is 6.14. The lowest BCUT2D eigenvalue weighted by molar-refractivity contribution is 0.201. The third-order valence-corrected chi connectivity index (χ3v) is 4.80. The van der Waals surface area contributed by atoms with Crippen LogP contribution < -0.4 is 10.6 Å². The molecule has 0 saturated carbocycles. The SMILES string of the molecule is CC1CN(C2CCN(c3ccccc3)CC2)CC1N. The number of nitrogens with zero attached hydrogens (tertiary/aromatic N) is 2. The lowest BCUT2D eigenvalue weighted by Crippen LogP contribution is -2.44. The molecule has 0 amide bonds. The molecule has 0 bridgehead atoms. The van der Waals surface area contributed by atoms with Gasteiger partial charge in [-0.15, -0.1) is 0 Å². The molecule has 2 fully saturated rings. The van der Waals surface area contributed by atoms with Gasteiger partial charge in [0.25, 0.3) is 0 Å². The van der Waals surface area contributed by atoms with Crippen molar-refractivity contribution in [2.45, 2.75) is 31.8 Å². The van der Waals surface area contributed by atoms with E-state index in [0.29, 0.717) is 12.0 Å². The average Bonchev–Trinajstić information content (AvgIpc) is 2.80. The second-order valence-electron chi connectivity index (χ2n) is 6.15. The maximum atomic E-state index is 6.14. The van der Waals surface area contributed by atoms with Crippen molar-refractivity contribution >= 4 is 5.69 Å². The number of anilines is 1. The number of rotatable bonds is 2. The van der Waals surface area contributed by atoms with Crippen LogP contribution in [0.1, 0.15) is 19.8 Å². The van der Waals surface area contributed by atoms with Gasteiger partial charge in [0.2, 0.25) is 0 Å². The molecule has 2 heterocycles. The summed E-state index contributed by atoms with van der Waals surface area (Å²) in [5.41, 5.74) is 7.51. The molecule has 2 N–H and O–H groups in total. The first-order valence-corrected chi connectivity index (χ1v) is 7.53. The zero-order valence-electron chi connectivity index (χ0n) is 11.8. The number of benzene rings is 1. The van der Waals surface area contributed by atoms with Gasteiger partial charge >= 0.3 is 0 Å². The summed E-state index contributed by atoms with van der Waals surface area (Å²) in [5.74, 6) is 0.659. The Hall–Kier alpha value is -1.06. The summed E-state index contributed by atoms with van der Waals surface area (Å²) in [7, 11) is 0. The largest absolute Gasteiger partial charge is 0.371 e. The molecule has 2 aliphatic heterocycles. The topological polar surface area (TPSA) is 32.5 Å². The van der Waals surface area contributed by atoms with Crippen LogP contribution in [0.25, 0.3) is 0 Å². The van der Waals surface area contributed by atoms with Crippen LogP contribution in [0, 0.1) is 5.92 Å². The predicted octanol–water partition coefficient (Wildman–Crippen LogP) is 1.93. The van der Waals surface area contributed by atoms with E-state index >= 15 is 0 Å². The van der Waals surface area contributed by atoms with Gasteiger partial charge in [0.05, 0.1) is 0 Å². The first kappa shape index (κ1) is 12.9. The maximum Gasteiger partial charge on any atom is 0.0366 e. The van der Waals surface area contributed by atoms with Crippen molar-refractivity contribution in [3.05, 3.63) is 30.3 Å². The van der Waals surface area contributed by atoms with Gasteiger partial charge in [0.1, 0.15) is 0 Å². The molecule has 2 unspecified atom stereocenters. The van der Waals surface area contributed by atoms with Crippen molar-refractivity contribution in [3.8, 4) is 0 Å². The summed E-state index contributed by atoms with van der Waals surface area (Å²) in [4.78, 5) is 5.13. The average molecular weight is 259 g/mol. The van der Waals surface area contributed by atoms with Gasteiger partial charge in [-0.25, -0.2) is 0 Å². The lowest BCUT2D eigenvalue weighted by atomic mass is 10.0. The Morgan fingerprint density at radius 3 is 2.32 bits per heavy atom. The molecule has 2 atom stereocenters. The molecule has 3 nitrogen and oxygen atoms in total. The second-order valence-corrected chi connectivity index (χ2v) is 6.15. The normalized spacial score (nSPS) is 29.9. The molecule has 19 heavy (non-hydrogen) atoms. The number of hydrogen-bond acceptors (Lipinski definition) is 3. The van der Waals surface area contributed by atoms with E-state index in [9.17, 15) is 0 Å². The third-order valence-electron chi connectivity index (χ3n) is 4.80. The molecular weight excluding hydrogens is 234 g/mol. The van der Waals surface area contributed by atoms with E-state index in [4.69, 9.17) is 5.73 Å². The van der Waals surface area contributed by atoms with Crippen molar-refractivity contribution in [1.29, 1.82) is 0 Å². The molecule has 0 aliphatic carbocycles. The Morgan fingerprint density at radius 1 is 1.05 bits per heavy atom. The fourth-order valence-corrected chi connectivity index (χ4v) is 3.46. The molecule has 2 saturated heterocycles. The van der Waals surface area contributed by atoms with Gasteiger partial charge in [-0.3, -0.25) is 4.90 Å². The number of hydrogen-bond donors (Lipinski definition) is 1. The Balaban J connectivity index is 1.55. The molecule has 0 spiro atoms. The number of para-hydroxylation sites is 1. The predicted molar refractivity (Wildman–Crippen MR) is 80.4 cm³/mol. The first-order chi connectivity index (χ1) is 9.24. The monoisotopic (exact) mass is 259 g/mol. The van der Waals surface area contributed by atoms with Crippen LogP contribution in [0.4, 0.5) is 5.69 Å². The van der Waals surface area contributed by atoms with E-state index in [-0.39, 0.29) is 0 Å². The van der Waals surface area contributed by atoms with Gasteiger partial charge in [0, 0.05) is 44.0 Å². The standard InChI is InChI=1S/C16H25N3/c1-13-11-19(12-16(13)17)15-7-9-18(10-8-15)14-5-3-2-4-6-14/h2-6,13,15-16H,7-12,17H2,1H3. The minimum Gasteiger partial charge on any atom is -0.371 e. The van der Waals surface area contributed by atoms with E-state index in [1.165, 1.54) is 38.2 Å². The van der Waals surface area contributed by atoms with Gasteiger partial charge < -0.3 is 10.6 Å². The summed E-state index contributed by atoms with van der Waals surface area (Å²) in [6.07, 6.45) is 2.54. The van der Waals surface area contributed by atoms with Gasteiger partial charge in [-0.1, -0.05) is 25.1 Å². The summed E-state index contributed by atoms with van der Waals surface area (Å²) < 4.78 is 0. The van der Waals surface area contributed by atoms with Crippen LogP contribution in [0.3, 0.4) is 0 Å². The Morgan fingerprint density at radius 2 is 1.74 bits per heavy atom. The molecule has 3 rings (SSSR count). The highest BCUT2D eigenvalue weighted by atomic mass is 15.2. The van der Waals surface area contributed by atoms with Crippen molar-refractivity contribution in [2.75, 3.05) is 31.1 Å². The number of nitrogens with two attached hydrogens (primary N) is 1. The first-order valence-electron chi connectivity index (χ1n) is 7.53. The molecule has 2 aliphatic rings. The number of piperidine rings is 1. The van der Waals surface area contributed by atoms with E-state index in [1.807, 2.05) is 0 Å². The highest BCUT2D eigenvalue weighted by molar-refractivity contribution is 5.46. The van der Waals surface area contributed by atoms with Crippen LogP contribution in [0.5, 0.6) is 0 Å². The van der Waals surface area contributed by atoms with Crippen LogP contribution in [0.15, 0.2) is 30.3 Å². The quantitative estimate of drug-likeness (QED) is 0.881.